The summed E-state index contributed by atoms with van der Waals surface area (Å²) in [5.41, 5.74) is 0.201. The van der Waals surface area contributed by atoms with Crippen molar-refractivity contribution in [3.63, 3.8) is 0 Å². The van der Waals surface area contributed by atoms with Crippen LogP contribution in [0.2, 0.25) is 0 Å². The van der Waals surface area contributed by atoms with Crippen molar-refractivity contribution in [3.05, 3.63) is 17.8 Å². The summed E-state index contributed by atoms with van der Waals surface area (Å²) < 4.78 is 4.87. The first-order valence-electron chi connectivity index (χ1n) is 6.01. The van der Waals surface area contributed by atoms with Gasteiger partial charge in [0.05, 0.1) is 13.0 Å². The molecule has 0 spiro atoms. The summed E-state index contributed by atoms with van der Waals surface area (Å²) in [6, 6.07) is 3.08. The number of hydrogen-bond acceptors (Lipinski definition) is 5. The molecule has 0 aromatic carbocycles. The second-order valence-electron chi connectivity index (χ2n) is 4.39. The SMILES string of the molecule is COc1ccc(C(=O)N2CCCC(C(=O)O)C2)nn1. The summed E-state index contributed by atoms with van der Waals surface area (Å²) in [7, 11) is 1.47. The van der Waals surface area contributed by atoms with Crippen LogP contribution in [0.15, 0.2) is 12.1 Å². The van der Waals surface area contributed by atoms with Gasteiger partial charge in [0.2, 0.25) is 5.88 Å². The number of carboxylic acids is 1. The standard InChI is InChI=1S/C12H15N3O4/c1-19-10-5-4-9(13-14-10)11(16)15-6-2-3-8(7-15)12(17)18/h4-5,8H,2-3,6-7H2,1H3,(H,17,18). The van der Waals surface area contributed by atoms with Gasteiger partial charge in [0.25, 0.3) is 5.91 Å². The number of aromatic nitrogens is 2. The molecule has 2 heterocycles. The third kappa shape index (κ3) is 2.98. The number of piperidine rings is 1. The molecule has 0 saturated carbocycles. The van der Waals surface area contributed by atoms with E-state index in [9.17, 15) is 9.59 Å². The molecule has 1 aliphatic rings. The van der Waals surface area contributed by atoms with E-state index in [4.69, 9.17) is 9.84 Å². The molecule has 19 heavy (non-hydrogen) atoms. The summed E-state index contributed by atoms with van der Waals surface area (Å²) in [6.07, 6.45) is 1.29. The Kier molecular flexibility index (Phi) is 3.94. The quantitative estimate of drug-likeness (QED) is 0.851. The molecule has 7 heteroatoms. The molecule has 1 aliphatic heterocycles. The van der Waals surface area contributed by atoms with Crippen LogP contribution in [0.5, 0.6) is 5.88 Å². The molecule has 7 nitrogen and oxygen atoms in total. The van der Waals surface area contributed by atoms with E-state index in [1.165, 1.54) is 18.1 Å². The molecule has 1 N–H and O–H groups in total. The minimum absolute atomic E-state index is 0.201. The van der Waals surface area contributed by atoms with E-state index in [2.05, 4.69) is 10.2 Å². The van der Waals surface area contributed by atoms with Gasteiger partial charge in [0.1, 0.15) is 0 Å². The molecule has 1 aromatic heterocycles. The largest absolute Gasteiger partial charge is 0.481 e. The highest BCUT2D eigenvalue weighted by atomic mass is 16.5. The lowest BCUT2D eigenvalue weighted by Crippen LogP contribution is -2.42. The third-order valence-electron chi connectivity index (χ3n) is 3.13. The Labute approximate surface area is 110 Å². The van der Waals surface area contributed by atoms with Crippen LogP contribution in [0.25, 0.3) is 0 Å². The zero-order valence-electron chi connectivity index (χ0n) is 10.6. The van der Waals surface area contributed by atoms with E-state index < -0.39 is 11.9 Å². The van der Waals surface area contributed by atoms with Crippen molar-refractivity contribution < 1.29 is 19.4 Å². The molecule has 1 fully saturated rings. The average Bonchev–Trinajstić information content (AvgIpc) is 2.46. The van der Waals surface area contributed by atoms with E-state index in [0.29, 0.717) is 25.3 Å². The van der Waals surface area contributed by atoms with Gasteiger partial charge in [-0.1, -0.05) is 0 Å². The first-order valence-corrected chi connectivity index (χ1v) is 6.01. The lowest BCUT2D eigenvalue weighted by molar-refractivity contribution is -0.143. The van der Waals surface area contributed by atoms with E-state index in [-0.39, 0.29) is 18.1 Å². The lowest BCUT2D eigenvalue weighted by atomic mass is 9.98. The van der Waals surface area contributed by atoms with Crippen LogP contribution >= 0.6 is 0 Å². The minimum Gasteiger partial charge on any atom is -0.481 e. The average molecular weight is 265 g/mol. The summed E-state index contributed by atoms with van der Waals surface area (Å²) in [4.78, 5) is 24.6. The maximum Gasteiger partial charge on any atom is 0.308 e. The highest BCUT2D eigenvalue weighted by Crippen LogP contribution is 2.18. The Morgan fingerprint density at radius 2 is 2.21 bits per heavy atom. The molecule has 0 radical (unpaired) electrons. The van der Waals surface area contributed by atoms with E-state index in [1.807, 2.05) is 0 Å². The molecule has 102 valence electrons. The summed E-state index contributed by atoms with van der Waals surface area (Å²) in [5, 5.41) is 16.5. The Bertz CT molecular complexity index is 474. The first kappa shape index (κ1) is 13.3. The van der Waals surface area contributed by atoms with Crippen molar-refractivity contribution in [3.8, 4) is 5.88 Å². The molecular formula is C12H15N3O4. The predicted octanol–water partition coefficient (Wildman–Crippen LogP) is 0.422. The van der Waals surface area contributed by atoms with E-state index in [0.717, 1.165) is 0 Å². The van der Waals surface area contributed by atoms with Crippen molar-refractivity contribution in [2.45, 2.75) is 12.8 Å². The number of amides is 1. The fourth-order valence-corrected chi connectivity index (χ4v) is 2.07. The van der Waals surface area contributed by atoms with E-state index >= 15 is 0 Å². The van der Waals surface area contributed by atoms with Crippen LogP contribution in [0.3, 0.4) is 0 Å². The Morgan fingerprint density at radius 1 is 1.42 bits per heavy atom. The fourth-order valence-electron chi connectivity index (χ4n) is 2.07. The molecule has 0 aliphatic carbocycles. The van der Waals surface area contributed by atoms with Crippen LogP contribution in [-0.4, -0.2) is 52.3 Å². The summed E-state index contributed by atoms with van der Waals surface area (Å²) >= 11 is 0. The van der Waals surface area contributed by atoms with E-state index in [1.54, 1.807) is 6.07 Å². The number of ether oxygens (including phenoxy) is 1. The van der Waals surface area contributed by atoms with Crippen LogP contribution in [0.1, 0.15) is 23.3 Å². The topological polar surface area (TPSA) is 92.6 Å². The highest BCUT2D eigenvalue weighted by molar-refractivity contribution is 5.92. The molecular weight excluding hydrogens is 250 g/mol. The number of aliphatic carboxylic acids is 1. The maximum atomic E-state index is 12.2. The number of methoxy groups -OCH3 is 1. The summed E-state index contributed by atoms with van der Waals surface area (Å²) in [5.74, 6) is -1.32. The molecule has 0 bridgehead atoms. The maximum absolute atomic E-state index is 12.2. The Balaban J connectivity index is 2.07. The van der Waals surface area contributed by atoms with Gasteiger partial charge in [-0.15, -0.1) is 10.2 Å². The van der Waals surface area contributed by atoms with Crippen LogP contribution < -0.4 is 4.74 Å². The van der Waals surface area contributed by atoms with Crippen molar-refractivity contribution in [2.24, 2.45) is 5.92 Å². The van der Waals surface area contributed by atoms with Crippen LogP contribution in [-0.2, 0) is 4.79 Å². The monoisotopic (exact) mass is 265 g/mol. The zero-order chi connectivity index (χ0) is 13.8. The van der Waals surface area contributed by atoms with Gasteiger partial charge in [0, 0.05) is 19.2 Å². The van der Waals surface area contributed by atoms with Gasteiger partial charge < -0.3 is 14.7 Å². The highest BCUT2D eigenvalue weighted by Gasteiger charge is 2.29. The van der Waals surface area contributed by atoms with Crippen LogP contribution in [0.4, 0.5) is 0 Å². The molecule has 1 aromatic rings. The van der Waals surface area contributed by atoms with Gasteiger partial charge in [0.15, 0.2) is 5.69 Å². The fraction of sp³-hybridized carbons (Fsp3) is 0.500. The minimum atomic E-state index is -0.863. The normalized spacial score (nSPS) is 19.0. The number of likely N-dealkylation sites (tertiary alicyclic amines) is 1. The zero-order valence-corrected chi connectivity index (χ0v) is 10.6. The number of rotatable bonds is 3. The van der Waals surface area contributed by atoms with Crippen molar-refractivity contribution in [1.29, 1.82) is 0 Å². The second-order valence-corrected chi connectivity index (χ2v) is 4.39. The number of hydrogen-bond donors (Lipinski definition) is 1. The molecule has 2 rings (SSSR count). The smallest absolute Gasteiger partial charge is 0.308 e. The lowest BCUT2D eigenvalue weighted by Gasteiger charge is -2.30. The Hall–Kier alpha value is -2.18. The first-order chi connectivity index (χ1) is 9.11. The number of carboxylic acid groups (broad SMARTS) is 1. The number of nitrogens with zero attached hydrogens (tertiary/aromatic N) is 3. The van der Waals surface area contributed by atoms with Gasteiger partial charge >= 0.3 is 5.97 Å². The molecule has 1 amide bonds. The number of carbonyl (C=O) groups is 2. The van der Waals surface area contributed by atoms with Gasteiger partial charge in [-0.25, -0.2) is 0 Å². The number of carbonyl (C=O) groups excluding carboxylic acids is 1. The molecule has 1 saturated heterocycles. The molecule has 1 unspecified atom stereocenters. The van der Waals surface area contributed by atoms with Crippen molar-refractivity contribution in [2.75, 3.05) is 20.2 Å². The third-order valence-corrected chi connectivity index (χ3v) is 3.13. The molecule has 1 atom stereocenters. The summed E-state index contributed by atoms with van der Waals surface area (Å²) in [6.45, 7) is 0.776. The van der Waals surface area contributed by atoms with Gasteiger partial charge in [-0.05, 0) is 18.9 Å². The second kappa shape index (κ2) is 5.64. The van der Waals surface area contributed by atoms with Gasteiger partial charge in [-0.3, -0.25) is 9.59 Å². The van der Waals surface area contributed by atoms with Crippen molar-refractivity contribution in [1.82, 2.24) is 15.1 Å². The van der Waals surface area contributed by atoms with Gasteiger partial charge in [-0.2, -0.15) is 0 Å². The predicted molar refractivity (Wildman–Crippen MR) is 64.8 cm³/mol. The Morgan fingerprint density at radius 3 is 2.79 bits per heavy atom. The van der Waals surface area contributed by atoms with Crippen LogP contribution in [0, 0.1) is 5.92 Å². The van der Waals surface area contributed by atoms with Crippen molar-refractivity contribution >= 4 is 11.9 Å².